The Balaban J connectivity index is 1.80. The Labute approximate surface area is 145 Å². The summed E-state index contributed by atoms with van der Waals surface area (Å²) >= 11 is 8.85. The Hall–Kier alpha value is -1.92. The standard InChI is InChI=1S/C16H12BrClFNO3/c17-11-3-6-14(13(19)9-11)23-15(21)7-8-20-16(22)10-1-4-12(18)5-2-10/h1-6,9H,7-8H2,(H,20,22). The molecule has 0 spiro atoms. The molecule has 0 aromatic heterocycles. The average molecular weight is 401 g/mol. The lowest BCUT2D eigenvalue weighted by atomic mass is 10.2. The van der Waals surface area contributed by atoms with Gasteiger partial charge < -0.3 is 10.1 Å². The van der Waals surface area contributed by atoms with Crippen molar-refractivity contribution in [2.45, 2.75) is 6.42 Å². The number of hydrogen-bond acceptors (Lipinski definition) is 3. The van der Waals surface area contributed by atoms with E-state index in [0.717, 1.165) is 0 Å². The molecule has 4 nitrogen and oxygen atoms in total. The van der Waals surface area contributed by atoms with E-state index in [0.29, 0.717) is 15.1 Å². The van der Waals surface area contributed by atoms with Gasteiger partial charge in [0, 0.05) is 21.6 Å². The van der Waals surface area contributed by atoms with Crippen molar-refractivity contribution in [2.24, 2.45) is 0 Å². The van der Waals surface area contributed by atoms with Crippen LogP contribution in [0.15, 0.2) is 46.9 Å². The third-order valence-electron chi connectivity index (χ3n) is 2.84. The first-order chi connectivity index (χ1) is 11.0. The van der Waals surface area contributed by atoms with Gasteiger partial charge in [-0.15, -0.1) is 0 Å². The molecular formula is C16H12BrClFNO3. The number of carbonyl (C=O) groups excluding carboxylic acids is 2. The smallest absolute Gasteiger partial charge is 0.313 e. The van der Waals surface area contributed by atoms with Crippen molar-refractivity contribution < 1.29 is 18.7 Å². The number of amides is 1. The van der Waals surface area contributed by atoms with Crippen LogP contribution in [0.2, 0.25) is 5.02 Å². The van der Waals surface area contributed by atoms with Gasteiger partial charge in [-0.1, -0.05) is 27.5 Å². The van der Waals surface area contributed by atoms with Gasteiger partial charge in [0.05, 0.1) is 6.42 Å². The highest BCUT2D eigenvalue weighted by molar-refractivity contribution is 9.10. The van der Waals surface area contributed by atoms with Crippen LogP contribution < -0.4 is 10.1 Å². The molecular weight excluding hydrogens is 389 g/mol. The summed E-state index contributed by atoms with van der Waals surface area (Å²) in [7, 11) is 0. The highest BCUT2D eigenvalue weighted by Crippen LogP contribution is 2.21. The Kier molecular flexibility index (Phi) is 6.12. The normalized spacial score (nSPS) is 10.2. The van der Waals surface area contributed by atoms with Crippen LogP contribution in [0.4, 0.5) is 4.39 Å². The number of hydrogen-bond donors (Lipinski definition) is 1. The van der Waals surface area contributed by atoms with Crippen LogP contribution in [-0.2, 0) is 4.79 Å². The fraction of sp³-hybridized carbons (Fsp3) is 0.125. The van der Waals surface area contributed by atoms with Crippen LogP contribution in [-0.4, -0.2) is 18.4 Å². The van der Waals surface area contributed by atoms with E-state index in [9.17, 15) is 14.0 Å². The van der Waals surface area contributed by atoms with E-state index in [1.807, 2.05) is 0 Å². The quantitative estimate of drug-likeness (QED) is 0.610. The van der Waals surface area contributed by atoms with Gasteiger partial charge >= 0.3 is 5.97 Å². The van der Waals surface area contributed by atoms with E-state index in [4.69, 9.17) is 16.3 Å². The second kappa shape index (κ2) is 8.08. The maximum absolute atomic E-state index is 13.5. The van der Waals surface area contributed by atoms with Gasteiger partial charge in [-0.05, 0) is 42.5 Å². The molecule has 0 aliphatic rings. The molecule has 2 aromatic rings. The Morgan fingerprint density at radius 3 is 2.52 bits per heavy atom. The number of esters is 1. The third-order valence-corrected chi connectivity index (χ3v) is 3.58. The molecule has 1 amide bonds. The van der Waals surface area contributed by atoms with Gasteiger partial charge in [-0.25, -0.2) is 4.39 Å². The lowest BCUT2D eigenvalue weighted by molar-refractivity contribution is -0.134. The van der Waals surface area contributed by atoms with Crippen molar-refractivity contribution in [3.63, 3.8) is 0 Å². The van der Waals surface area contributed by atoms with Gasteiger partial charge in [0.15, 0.2) is 11.6 Å². The third kappa shape index (κ3) is 5.33. The number of carbonyl (C=O) groups is 2. The molecule has 0 atom stereocenters. The molecule has 0 saturated carbocycles. The minimum absolute atomic E-state index is 0.0746. The summed E-state index contributed by atoms with van der Waals surface area (Å²) in [6.07, 6.45) is -0.0746. The van der Waals surface area contributed by atoms with Crippen molar-refractivity contribution in [3.8, 4) is 5.75 Å². The fourth-order valence-electron chi connectivity index (χ4n) is 1.71. The highest BCUT2D eigenvalue weighted by atomic mass is 79.9. The van der Waals surface area contributed by atoms with Crippen LogP contribution in [0, 0.1) is 5.82 Å². The second-order valence-electron chi connectivity index (χ2n) is 4.56. The summed E-state index contributed by atoms with van der Waals surface area (Å²) in [6, 6.07) is 10.5. The molecule has 7 heteroatoms. The van der Waals surface area contributed by atoms with Crippen LogP contribution in [0.1, 0.15) is 16.8 Å². The van der Waals surface area contributed by atoms with Gasteiger partial charge in [0.2, 0.25) is 0 Å². The molecule has 0 bridgehead atoms. The number of rotatable bonds is 5. The Morgan fingerprint density at radius 2 is 1.87 bits per heavy atom. The molecule has 0 saturated heterocycles. The largest absolute Gasteiger partial charge is 0.423 e. The first-order valence-electron chi connectivity index (χ1n) is 6.65. The Bertz CT molecular complexity index is 722. The maximum atomic E-state index is 13.5. The number of benzene rings is 2. The van der Waals surface area contributed by atoms with Gasteiger partial charge in [0.25, 0.3) is 5.91 Å². The van der Waals surface area contributed by atoms with Crippen LogP contribution in [0.25, 0.3) is 0 Å². The first-order valence-corrected chi connectivity index (χ1v) is 7.82. The first kappa shape index (κ1) is 17.4. The van der Waals surface area contributed by atoms with E-state index in [1.54, 1.807) is 30.3 Å². The molecule has 0 radical (unpaired) electrons. The minimum Gasteiger partial charge on any atom is -0.423 e. The molecule has 2 rings (SSSR count). The molecule has 0 heterocycles. The second-order valence-corrected chi connectivity index (χ2v) is 5.91. The number of ether oxygens (including phenoxy) is 1. The summed E-state index contributed by atoms with van der Waals surface area (Å²) in [4.78, 5) is 23.5. The monoisotopic (exact) mass is 399 g/mol. The minimum atomic E-state index is -0.641. The summed E-state index contributed by atoms with van der Waals surface area (Å²) in [5.74, 6) is -1.76. The van der Waals surface area contributed by atoms with Gasteiger partial charge in [-0.2, -0.15) is 0 Å². The zero-order chi connectivity index (χ0) is 16.8. The number of nitrogens with one attached hydrogen (secondary N) is 1. The lowest BCUT2D eigenvalue weighted by Crippen LogP contribution is -2.27. The molecule has 1 N–H and O–H groups in total. The van der Waals surface area contributed by atoms with Crippen molar-refractivity contribution >= 4 is 39.4 Å². The van der Waals surface area contributed by atoms with E-state index < -0.39 is 11.8 Å². The van der Waals surface area contributed by atoms with E-state index in [2.05, 4.69) is 21.2 Å². The van der Waals surface area contributed by atoms with Crippen molar-refractivity contribution in [1.29, 1.82) is 0 Å². The molecule has 23 heavy (non-hydrogen) atoms. The fourth-order valence-corrected chi connectivity index (χ4v) is 2.17. The molecule has 0 aliphatic heterocycles. The lowest BCUT2D eigenvalue weighted by Gasteiger charge is -2.07. The molecule has 0 aliphatic carbocycles. The summed E-state index contributed by atoms with van der Waals surface area (Å²) in [6.45, 7) is 0.0818. The van der Waals surface area contributed by atoms with Crippen LogP contribution in [0.5, 0.6) is 5.75 Å². The summed E-state index contributed by atoms with van der Waals surface area (Å²) in [5.41, 5.74) is 0.432. The molecule has 0 fully saturated rings. The maximum Gasteiger partial charge on any atom is 0.313 e. The zero-order valence-electron chi connectivity index (χ0n) is 11.8. The van der Waals surface area contributed by atoms with Crippen molar-refractivity contribution in [1.82, 2.24) is 5.32 Å². The van der Waals surface area contributed by atoms with Crippen molar-refractivity contribution in [3.05, 3.63) is 63.3 Å². The predicted molar refractivity (Wildman–Crippen MR) is 88.1 cm³/mol. The predicted octanol–water partition coefficient (Wildman–Crippen LogP) is 3.97. The highest BCUT2D eigenvalue weighted by Gasteiger charge is 2.11. The van der Waals surface area contributed by atoms with E-state index in [1.165, 1.54) is 12.1 Å². The van der Waals surface area contributed by atoms with E-state index in [-0.39, 0.29) is 24.6 Å². The summed E-state index contributed by atoms with van der Waals surface area (Å²) < 4.78 is 19.0. The summed E-state index contributed by atoms with van der Waals surface area (Å²) in [5, 5.41) is 3.10. The molecule has 2 aromatic carbocycles. The van der Waals surface area contributed by atoms with Crippen molar-refractivity contribution in [2.75, 3.05) is 6.54 Å². The SMILES string of the molecule is O=C(CCNC(=O)c1ccc(Cl)cc1)Oc1ccc(Br)cc1F. The van der Waals surface area contributed by atoms with Gasteiger partial charge in [-0.3, -0.25) is 9.59 Å². The van der Waals surface area contributed by atoms with E-state index >= 15 is 0 Å². The van der Waals surface area contributed by atoms with Gasteiger partial charge in [0.1, 0.15) is 0 Å². The topological polar surface area (TPSA) is 55.4 Å². The average Bonchev–Trinajstić information content (AvgIpc) is 2.50. The van der Waals surface area contributed by atoms with Crippen LogP contribution in [0.3, 0.4) is 0 Å². The number of halogens is 3. The zero-order valence-corrected chi connectivity index (χ0v) is 14.2. The molecule has 120 valence electrons. The molecule has 0 unspecified atom stereocenters. The Morgan fingerprint density at radius 1 is 1.17 bits per heavy atom. The van der Waals surface area contributed by atoms with Crippen LogP contribution >= 0.6 is 27.5 Å².